The summed E-state index contributed by atoms with van der Waals surface area (Å²) in [6, 6.07) is 5.88. The number of halogens is 3. The maximum Gasteiger partial charge on any atom is 0.418 e. The van der Waals surface area contributed by atoms with Gasteiger partial charge in [-0.1, -0.05) is 37.6 Å². The molecule has 4 heteroatoms. The monoisotopic (exact) mass is 218 g/mol. The lowest BCUT2D eigenvalue weighted by atomic mass is 10.0. The fourth-order valence-corrected chi connectivity index (χ4v) is 1.34. The number of aryl methyl sites for hydroxylation is 1. The average molecular weight is 218 g/mol. The predicted molar refractivity (Wildman–Crippen MR) is 51.5 cm³/mol. The summed E-state index contributed by atoms with van der Waals surface area (Å²) in [6.07, 6.45) is -5.19. The minimum absolute atomic E-state index is 0.109. The van der Waals surface area contributed by atoms with Gasteiger partial charge in [0.2, 0.25) is 0 Å². The average Bonchev–Trinajstić information content (AvgIpc) is 2.17. The van der Waals surface area contributed by atoms with Crippen LogP contribution in [0.1, 0.15) is 30.6 Å². The van der Waals surface area contributed by atoms with E-state index in [1.807, 2.05) is 6.92 Å². The van der Waals surface area contributed by atoms with Crippen LogP contribution in [-0.4, -0.2) is 11.3 Å². The van der Waals surface area contributed by atoms with Crippen LogP contribution in [-0.2, 0) is 6.42 Å². The molecule has 0 saturated carbocycles. The van der Waals surface area contributed by atoms with Crippen LogP contribution in [0.2, 0.25) is 0 Å². The second-order valence-corrected chi connectivity index (χ2v) is 3.44. The Balaban J connectivity index is 2.80. The normalized spacial score (nSPS) is 13.9. The van der Waals surface area contributed by atoms with Crippen LogP contribution in [0.15, 0.2) is 24.3 Å². The van der Waals surface area contributed by atoms with Crippen molar-refractivity contribution in [1.82, 2.24) is 0 Å². The van der Waals surface area contributed by atoms with Gasteiger partial charge in [-0.05, 0) is 17.5 Å². The number of benzene rings is 1. The summed E-state index contributed by atoms with van der Waals surface area (Å²) in [4.78, 5) is 0. The Morgan fingerprint density at radius 3 is 2.13 bits per heavy atom. The van der Waals surface area contributed by atoms with Gasteiger partial charge in [-0.3, -0.25) is 0 Å². The van der Waals surface area contributed by atoms with Gasteiger partial charge in [0.1, 0.15) is 0 Å². The maximum atomic E-state index is 12.1. The molecule has 0 radical (unpaired) electrons. The molecule has 84 valence electrons. The predicted octanol–water partition coefficient (Wildman–Crippen LogP) is 3.23. The van der Waals surface area contributed by atoms with Crippen molar-refractivity contribution in [3.05, 3.63) is 35.4 Å². The zero-order valence-corrected chi connectivity index (χ0v) is 8.38. The lowest BCUT2D eigenvalue weighted by Crippen LogP contribution is -2.20. The van der Waals surface area contributed by atoms with Gasteiger partial charge >= 0.3 is 6.18 Å². The van der Waals surface area contributed by atoms with E-state index in [1.165, 1.54) is 12.1 Å². The number of aliphatic hydroxyl groups excluding tert-OH is 1. The van der Waals surface area contributed by atoms with Crippen molar-refractivity contribution in [3.63, 3.8) is 0 Å². The van der Waals surface area contributed by atoms with Crippen molar-refractivity contribution in [1.29, 1.82) is 0 Å². The second-order valence-electron chi connectivity index (χ2n) is 3.44. The van der Waals surface area contributed by atoms with Crippen molar-refractivity contribution in [2.24, 2.45) is 0 Å². The van der Waals surface area contributed by atoms with Crippen molar-refractivity contribution in [2.75, 3.05) is 0 Å². The van der Waals surface area contributed by atoms with Crippen molar-refractivity contribution in [3.8, 4) is 0 Å². The van der Waals surface area contributed by atoms with E-state index in [4.69, 9.17) is 5.11 Å². The molecule has 1 rings (SSSR count). The highest BCUT2D eigenvalue weighted by Gasteiger charge is 2.39. The standard InChI is InChI=1S/C11H13F3O/c1-2-3-8-4-6-9(7-5-8)10(15)11(12,13)14/h4-7,10,15H,2-3H2,1H3/t10-/m1/s1. The largest absolute Gasteiger partial charge is 0.418 e. The van der Waals surface area contributed by atoms with Crippen LogP contribution in [0.3, 0.4) is 0 Å². The molecule has 1 aromatic carbocycles. The van der Waals surface area contributed by atoms with Crippen LogP contribution in [0.25, 0.3) is 0 Å². The number of alkyl halides is 3. The van der Waals surface area contributed by atoms with E-state index in [-0.39, 0.29) is 5.56 Å². The van der Waals surface area contributed by atoms with Crippen LogP contribution >= 0.6 is 0 Å². The van der Waals surface area contributed by atoms with E-state index in [2.05, 4.69) is 0 Å². The molecular weight excluding hydrogens is 205 g/mol. The maximum absolute atomic E-state index is 12.1. The van der Waals surface area contributed by atoms with Crippen LogP contribution < -0.4 is 0 Å². The highest BCUT2D eigenvalue weighted by atomic mass is 19.4. The van der Waals surface area contributed by atoms with Gasteiger partial charge in [0, 0.05) is 0 Å². The van der Waals surface area contributed by atoms with E-state index < -0.39 is 12.3 Å². The summed E-state index contributed by atoms with van der Waals surface area (Å²) < 4.78 is 36.4. The summed E-state index contributed by atoms with van der Waals surface area (Å²) in [5.74, 6) is 0. The smallest absolute Gasteiger partial charge is 0.379 e. The topological polar surface area (TPSA) is 20.2 Å². The molecule has 0 fully saturated rings. The van der Waals surface area contributed by atoms with Gasteiger partial charge in [-0.25, -0.2) is 0 Å². The third-order valence-electron chi connectivity index (χ3n) is 2.14. The van der Waals surface area contributed by atoms with Crippen molar-refractivity contribution in [2.45, 2.75) is 32.0 Å². The first-order chi connectivity index (χ1) is 6.95. The first-order valence-corrected chi connectivity index (χ1v) is 4.78. The summed E-state index contributed by atoms with van der Waals surface area (Å²) >= 11 is 0. The van der Waals surface area contributed by atoms with E-state index in [0.29, 0.717) is 0 Å². The molecule has 1 aromatic rings. The molecular formula is C11H13F3O. The Labute approximate surface area is 86.5 Å². The summed E-state index contributed by atoms with van der Waals surface area (Å²) in [7, 11) is 0. The van der Waals surface area contributed by atoms with Gasteiger partial charge in [-0.15, -0.1) is 0 Å². The Morgan fingerprint density at radius 1 is 1.20 bits per heavy atom. The minimum Gasteiger partial charge on any atom is -0.379 e. The molecule has 1 atom stereocenters. The SMILES string of the molecule is CCCc1ccc([C@@H](O)C(F)(F)F)cc1. The summed E-state index contributed by atoms with van der Waals surface area (Å²) in [6.45, 7) is 2.00. The fraction of sp³-hybridized carbons (Fsp3) is 0.455. The lowest BCUT2D eigenvalue weighted by molar-refractivity contribution is -0.206. The molecule has 0 aromatic heterocycles. The number of rotatable bonds is 3. The highest BCUT2D eigenvalue weighted by Crippen LogP contribution is 2.32. The third kappa shape index (κ3) is 3.23. The lowest BCUT2D eigenvalue weighted by Gasteiger charge is -2.14. The van der Waals surface area contributed by atoms with E-state index in [1.54, 1.807) is 12.1 Å². The Bertz CT molecular complexity index is 303. The molecule has 1 N–H and O–H groups in total. The molecule has 0 amide bonds. The molecule has 0 bridgehead atoms. The Hall–Kier alpha value is -1.03. The summed E-state index contributed by atoms with van der Waals surface area (Å²) in [5, 5.41) is 8.95. The van der Waals surface area contributed by atoms with Crippen LogP contribution in [0, 0.1) is 0 Å². The van der Waals surface area contributed by atoms with Crippen molar-refractivity contribution < 1.29 is 18.3 Å². The molecule has 0 aliphatic heterocycles. The molecule has 0 saturated heterocycles. The van der Waals surface area contributed by atoms with Gasteiger partial charge in [-0.2, -0.15) is 13.2 Å². The molecule has 0 aliphatic carbocycles. The van der Waals surface area contributed by atoms with Gasteiger partial charge in [0.25, 0.3) is 0 Å². The van der Waals surface area contributed by atoms with Crippen LogP contribution in [0.5, 0.6) is 0 Å². The van der Waals surface area contributed by atoms with E-state index in [9.17, 15) is 13.2 Å². The molecule has 0 heterocycles. The van der Waals surface area contributed by atoms with Gasteiger partial charge in [0.05, 0.1) is 0 Å². The van der Waals surface area contributed by atoms with Crippen LogP contribution in [0.4, 0.5) is 13.2 Å². The third-order valence-corrected chi connectivity index (χ3v) is 2.14. The molecule has 0 unspecified atom stereocenters. The first kappa shape index (κ1) is 12.0. The summed E-state index contributed by atoms with van der Waals surface area (Å²) in [5.41, 5.74) is 0.873. The molecule has 1 nitrogen and oxygen atoms in total. The zero-order valence-electron chi connectivity index (χ0n) is 8.38. The molecule has 0 spiro atoms. The quantitative estimate of drug-likeness (QED) is 0.825. The van der Waals surface area contributed by atoms with E-state index >= 15 is 0 Å². The molecule has 15 heavy (non-hydrogen) atoms. The van der Waals surface area contributed by atoms with Crippen molar-refractivity contribution >= 4 is 0 Å². The highest BCUT2D eigenvalue weighted by molar-refractivity contribution is 5.25. The van der Waals surface area contributed by atoms with Gasteiger partial charge < -0.3 is 5.11 Å². The number of hydrogen-bond donors (Lipinski definition) is 1. The molecule has 0 aliphatic rings. The zero-order chi connectivity index (χ0) is 11.5. The van der Waals surface area contributed by atoms with E-state index in [0.717, 1.165) is 18.4 Å². The Kier molecular flexibility index (Phi) is 3.74. The first-order valence-electron chi connectivity index (χ1n) is 4.78. The second kappa shape index (κ2) is 4.66. The van der Waals surface area contributed by atoms with Gasteiger partial charge in [0.15, 0.2) is 6.10 Å². The Morgan fingerprint density at radius 2 is 1.73 bits per heavy atom. The fourth-order valence-electron chi connectivity index (χ4n) is 1.34. The number of hydrogen-bond acceptors (Lipinski definition) is 1. The minimum atomic E-state index is -4.59. The number of aliphatic hydroxyl groups is 1.